The maximum absolute atomic E-state index is 12.1. The summed E-state index contributed by atoms with van der Waals surface area (Å²) in [5.74, 6) is -0.975. The summed E-state index contributed by atoms with van der Waals surface area (Å²) in [7, 11) is 1.58. The summed E-state index contributed by atoms with van der Waals surface area (Å²) in [5.41, 5.74) is -1.11. The predicted octanol–water partition coefficient (Wildman–Crippen LogP) is 0.891. The number of amides is 2. The van der Waals surface area contributed by atoms with Crippen molar-refractivity contribution in [1.29, 1.82) is 5.26 Å². The van der Waals surface area contributed by atoms with Gasteiger partial charge in [-0.1, -0.05) is 0 Å². The lowest BCUT2D eigenvalue weighted by Gasteiger charge is -2.34. The SMILES string of the molecule is CN(CCC#N)C(=O)N1CCCC1(C)C(=O)O. The summed E-state index contributed by atoms with van der Waals surface area (Å²) in [6.07, 6.45) is 1.42. The highest BCUT2D eigenvalue weighted by Crippen LogP contribution is 2.30. The van der Waals surface area contributed by atoms with Crippen molar-refractivity contribution in [2.45, 2.75) is 31.7 Å². The first-order valence-electron chi connectivity index (χ1n) is 5.56. The number of hydrogen-bond acceptors (Lipinski definition) is 3. The van der Waals surface area contributed by atoms with Gasteiger partial charge >= 0.3 is 12.0 Å². The largest absolute Gasteiger partial charge is 0.480 e. The van der Waals surface area contributed by atoms with E-state index in [0.29, 0.717) is 25.9 Å². The lowest BCUT2D eigenvalue weighted by Crippen LogP contribution is -2.54. The van der Waals surface area contributed by atoms with Crippen LogP contribution in [0.1, 0.15) is 26.2 Å². The van der Waals surface area contributed by atoms with Crippen molar-refractivity contribution in [1.82, 2.24) is 9.80 Å². The van der Waals surface area contributed by atoms with Crippen molar-refractivity contribution in [3.05, 3.63) is 0 Å². The summed E-state index contributed by atoms with van der Waals surface area (Å²) in [6, 6.07) is 1.64. The molecule has 0 aromatic carbocycles. The minimum Gasteiger partial charge on any atom is -0.480 e. The highest BCUT2D eigenvalue weighted by Gasteiger charge is 2.46. The van der Waals surface area contributed by atoms with E-state index in [2.05, 4.69) is 0 Å². The Labute approximate surface area is 100 Å². The molecule has 1 aliphatic rings. The van der Waals surface area contributed by atoms with Crippen molar-refractivity contribution >= 4 is 12.0 Å². The molecule has 1 fully saturated rings. The third kappa shape index (κ3) is 2.49. The molecule has 94 valence electrons. The molecule has 6 nitrogen and oxygen atoms in total. The Kier molecular flexibility index (Phi) is 3.94. The molecule has 1 rings (SSSR count). The van der Waals surface area contributed by atoms with Gasteiger partial charge in [0.25, 0.3) is 0 Å². The minimum atomic E-state index is -1.11. The number of aliphatic carboxylic acids is 1. The molecule has 1 atom stereocenters. The van der Waals surface area contributed by atoms with Gasteiger partial charge in [-0.2, -0.15) is 5.26 Å². The first-order chi connectivity index (χ1) is 7.93. The number of carboxylic acid groups (broad SMARTS) is 1. The molecule has 0 aromatic rings. The molecule has 17 heavy (non-hydrogen) atoms. The fourth-order valence-corrected chi connectivity index (χ4v) is 2.01. The highest BCUT2D eigenvalue weighted by molar-refractivity contribution is 5.86. The molecule has 0 bridgehead atoms. The van der Waals surface area contributed by atoms with Crippen LogP contribution in [0.2, 0.25) is 0 Å². The van der Waals surface area contributed by atoms with Crippen LogP contribution in [-0.4, -0.2) is 52.6 Å². The molecular weight excluding hydrogens is 222 g/mol. The Bertz CT molecular complexity index is 363. The fraction of sp³-hybridized carbons (Fsp3) is 0.727. The molecule has 1 saturated heterocycles. The Balaban J connectivity index is 2.75. The Morgan fingerprint density at radius 2 is 2.24 bits per heavy atom. The molecule has 6 heteroatoms. The van der Waals surface area contributed by atoms with E-state index < -0.39 is 11.5 Å². The molecular formula is C11H17N3O3. The van der Waals surface area contributed by atoms with E-state index in [4.69, 9.17) is 5.26 Å². The van der Waals surface area contributed by atoms with Crippen LogP contribution in [-0.2, 0) is 4.79 Å². The molecule has 0 aliphatic carbocycles. The van der Waals surface area contributed by atoms with Crippen molar-refractivity contribution in [3.63, 3.8) is 0 Å². The van der Waals surface area contributed by atoms with Crippen LogP contribution in [0, 0.1) is 11.3 Å². The summed E-state index contributed by atoms with van der Waals surface area (Å²) in [4.78, 5) is 26.0. The zero-order valence-electron chi connectivity index (χ0n) is 10.1. The van der Waals surface area contributed by atoms with Gasteiger partial charge in [-0.15, -0.1) is 0 Å². The van der Waals surface area contributed by atoms with E-state index in [1.807, 2.05) is 6.07 Å². The smallest absolute Gasteiger partial charge is 0.329 e. The Morgan fingerprint density at radius 3 is 2.76 bits per heavy atom. The Morgan fingerprint density at radius 1 is 1.59 bits per heavy atom. The zero-order valence-corrected chi connectivity index (χ0v) is 10.1. The van der Waals surface area contributed by atoms with Gasteiger partial charge in [-0.05, 0) is 19.8 Å². The van der Waals surface area contributed by atoms with Crippen LogP contribution in [0.15, 0.2) is 0 Å². The number of nitrogens with zero attached hydrogens (tertiary/aromatic N) is 3. The molecule has 0 radical (unpaired) electrons. The van der Waals surface area contributed by atoms with Gasteiger partial charge in [-0.25, -0.2) is 9.59 Å². The van der Waals surface area contributed by atoms with Crippen LogP contribution < -0.4 is 0 Å². The van der Waals surface area contributed by atoms with E-state index in [1.54, 1.807) is 14.0 Å². The lowest BCUT2D eigenvalue weighted by atomic mass is 10.00. The van der Waals surface area contributed by atoms with E-state index in [9.17, 15) is 14.7 Å². The second kappa shape index (κ2) is 5.04. The van der Waals surface area contributed by atoms with Crippen LogP contribution in [0.4, 0.5) is 4.79 Å². The van der Waals surface area contributed by atoms with Gasteiger partial charge < -0.3 is 14.9 Å². The number of carboxylic acids is 1. The summed E-state index contributed by atoms with van der Waals surface area (Å²) < 4.78 is 0. The van der Waals surface area contributed by atoms with Gasteiger partial charge in [0.1, 0.15) is 5.54 Å². The molecule has 2 amide bonds. The van der Waals surface area contributed by atoms with Crippen molar-refractivity contribution in [3.8, 4) is 6.07 Å². The second-order valence-corrected chi connectivity index (χ2v) is 4.45. The Hall–Kier alpha value is -1.77. The molecule has 0 spiro atoms. The highest BCUT2D eigenvalue weighted by atomic mass is 16.4. The second-order valence-electron chi connectivity index (χ2n) is 4.45. The van der Waals surface area contributed by atoms with Crippen molar-refractivity contribution < 1.29 is 14.7 Å². The number of carbonyl (C=O) groups is 2. The normalized spacial score (nSPS) is 23.2. The molecule has 0 aromatic heterocycles. The van der Waals surface area contributed by atoms with Gasteiger partial charge in [-0.3, -0.25) is 0 Å². The van der Waals surface area contributed by atoms with Gasteiger partial charge in [0.15, 0.2) is 0 Å². The molecule has 1 aliphatic heterocycles. The molecule has 1 N–H and O–H groups in total. The fourth-order valence-electron chi connectivity index (χ4n) is 2.01. The number of likely N-dealkylation sites (tertiary alicyclic amines) is 1. The number of nitriles is 1. The molecule has 0 saturated carbocycles. The van der Waals surface area contributed by atoms with E-state index in [0.717, 1.165) is 0 Å². The number of carbonyl (C=O) groups excluding carboxylic acids is 1. The van der Waals surface area contributed by atoms with Crippen LogP contribution in [0.3, 0.4) is 0 Å². The topological polar surface area (TPSA) is 84.6 Å². The first-order valence-corrected chi connectivity index (χ1v) is 5.56. The summed E-state index contributed by atoms with van der Waals surface area (Å²) in [5, 5.41) is 17.6. The number of urea groups is 1. The first kappa shape index (κ1) is 13.3. The summed E-state index contributed by atoms with van der Waals surface area (Å²) >= 11 is 0. The monoisotopic (exact) mass is 239 g/mol. The quantitative estimate of drug-likeness (QED) is 0.792. The van der Waals surface area contributed by atoms with Crippen LogP contribution >= 0.6 is 0 Å². The van der Waals surface area contributed by atoms with Crippen molar-refractivity contribution in [2.24, 2.45) is 0 Å². The third-order valence-corrected chi connectivity index (χ3v) is 3.22. The van der Waals surface area contributed by atoms with E-state index >= 15 is 0 Å². The zero-order chi connectivity index (χ0) is 13.1. The average molecular weight is 239 g/mol. The van der Waals surface area contributed by atoms with E-state index in [1.165, 1.54) is 9.80 Å². The van der Waals surface area contributed by atoms with Gasteiger partial charge in [0.2, 0.25) is 0 Å². The third-order valence-electron chi connectivity index (χ3n) is 3.22. The predicted molar refractivity (Wildman–Crippen MR) is 60.2 cm³/mol. The van der Waals surface area contributed by atoms with E-state index in [-0.39, 0.29) is 12.5 Å². The van der Waals surface area contributed by atoms with Crippen LogP contribution in [0.25, 0.3) is 0 Å². The maximum Gasteiger partial charge on any atom is 0.329 e. The van der Waals surface area contributed by atoms with Gasteiger partial charge in [0, 0.05) is 20.1 Å². The van der Waals surface area contributed by atoms with Gasteiger partial charge in [0.05, 0.1) is 12.5 Å². The summed E-state index contributed by atoms with van der Waals surface area (Å²) in [6.45, 7) is 2.35. The van der Waals surface area contributed by atoms with Crippen molar-refractivity contribution in [2.75, 3.05) is 20.1 Å². The molecule has 1 unspecified atom stereocenters. The molecule has 1 heterocycles. The lowest BCUT2D eigenvalue weighted by molar-refractivity contribution is -0.147. The maximum atomic E-state index is 12.1. The minimum absolute atomic E-state index is 0.250. The average Bonchev–Trinajstić information content (AvgIpc) is 2.68. The number of hydrogen-bond donors (Lipinski definition) is 1. The number of rotatable bonds is 3. The standard InChI is InChI=1S/C11H17N3O3/c1-11(9(15)16)5-3-8-14(11)10(17)13(2)7-4-6-12/h3-5,7-8H2,1-2H3,(H,15,16). The van der Waals surface area contributed by atoms with Crippen LogP contribution in [0.5, 0.6) is 0 Å².